The molecule has 0 aromatic carbocycles. The van der Waals surface area contributed by atoms with Gasteiger partial charge in [0.15, 0.2) is 0 Å². The Morgan fingerprint density at radius 3 is 2.14 bits per heavy atom. The third-order valence-corrected chi connectivity index (χ3v) is 5.57. The van der Waals surface area contributed by atoms with E-state index in [9.17, 15) is 19.2 Å². The van der Waals surface area contributed by atoms with Gasteiger partial charge in [-0.3, -0.25) is 19.2 Å². The van der Waals surface area contributed by atoms with Crippen LogP contribution in [0.15, 0.2) is 0 Å². The molecular formula is C17H30N4O5S2. The van der Waals surface area contributed by atoms with Gasteiger partial charge in [-0.25, -0.2) is 0 Å². The Bertz CT molecular complexity index is 544. The highest BCUT2D eigenvalue weighted by molar-refractivity contribution is 7.98. The van der Waals surface area contributed by atoms with Crippen LogP contribution in [0.25, 0.3) is 0 Å². The number of hydrogen-bond donors (Lipinski definition) is 5. The fourth-order valence-electron chi connectivity index (χ4n) is 2.75. The molecule has 0 aliphatic carbocycles. The molecule has 0 spiro atoms. The van der Waals surface area contributed by atoms with Crippen LogP contribution in [0.3, 0.4) is 0 Å². The second kappa shape index (κ2) is 13.7. The lowest BCUT2D eigenvalue weighted by atomic mass is 10.1. The molecule has 1 rings (SSSR count). The summed E-state index contributed by atoms with van der Waals surface area (Å²) in [5.74, 6) is -1.04. The molecule has 1 fully saturated rings. The predicted octanol–water partition coefficient (Wildman–Crippen LogP) is -0.585. The smallest absolute Gasteiger partial charge is 0.322 e. The minimum absolute atomic E-state index is 0.213. The molecule has 0 bridgehead atoms. The average molecular weight is 435 g/mol. The van der Waals surface area contributed by atoms with Crippen LogP contribution < -0.4 is 21.3 Å². The number of carbonyl (C=O) groups is 4. The van der Waals surface area contributed by atoms with Crippen molar-refractivity contribution < 1.29 is 24.3 Å². The zero-order chi connectivity index (χ0) is 20.9. The summed E-state index contributed by atoms with van der Waals surface area (Å²) >= 11 is 3.08. The van der Waals surface area contributed by atoms with Crippen molar-refractivity contribution in [3.8, 4) is 0 Å². The quantitative estimate of drug-likeness (QED) is 0.260. The molecule has 28 heavy (non-hydrogen) atoms. The molecule has 1 aliphatic rings. The van der Waals surface area contributed by atoms with E-state index < -0.39 is 36.4 Å². The maximum absolute atomic E-state index is 12.8. The van der Waals surface area contributed by atoms with Crippen LogP contribution in [0.5, 0.6) is 0 Å². The van der Waals surface area contributed by atoms with Crippen molar-refractivity contribution in [3.05, 3.63) is 0 Å². The molecule has 1 aliphatic heterocycles. The fourth-order valence-corrected chi connectivity index (χ4v) is 3.69. The van der Waals surface area contributed by atoms with Gasteiger partial charge in [0.05, 0.1) is 6.04 Å². The Labute approximate surface area is 173 Å². The summed E-state index contributed by atoms with van der Waals surface area (Å²) in [7, 11) is 0. The Morgan fingerprint density at radius 1 is 1.04 bits per heavy atom. The number of hydrogen-bond acceptors (Lipinski definition) is 7. The van der Waals surface area contributed by atoms with E-state index in [1.165, 1.54) is 11.8 Å². The number of rotatable bonds is 13. The summed E-state index contributed by atoms with van der Waals surface area (Å²) in [5.41, 5.74) is 0. The van der Waals surface area contributed by atoms with Crippen LogP contribution in [-0.4, -0.2) is 84.0 Å². The minimum Gasteiger partial charge on any atom is -0.480 e. The number of carboxylic acids is 1. The van der Waals surface area contributed by atoms with Crippen LogP contribution in [0.2, 0.25) is 0 Å². The van der Waals surface area contributed by atoms with Crippen LogP contribution in [0.1, 0.15) is 25.7 Å². The Kier molecular flexibility index (Phi) is 12.0. The average Bonchev–Trinajstić information content (AvgIpc) is 3.20. The lowest BCUT2D eigenvalue weighted by molar-refractivity contribution is -0.138. The van der Waals surface area contributed by atoms with Crippen molar-refractivity contribution in [3.63, 3.8) is 0 Å². The Morgan fingerprint density at radius 2 is 1.64 bits per heavy atom. The van der Waals surface area contributed by atoms with Gasteiger partial charge in [0.2, 0.25) is 17.7 Å². The molecule has 160 valence electrons. The first-order valence-electron chi connectivity index (χ1n) is 9.20. The number of amides is 3. The Balaban J connectivity index is 2.73. The predicted molar refractivity (Wildman–Crippen MR) is 112 cm³/mol. The number of carbonyl (C=O) groups excluding carboxylic acids is 3. The van der Waals surface area contributed by atoms with Crippen molar-refractivity contribution in [2.45, 2.75) is 43.8 Å². The number of thioether (sulfide) groups is 2. The summed E-state index contributed by atoms with van der Waals surface area (Å²) in [4.78, 5) is 48.1. The third kappa shape index (κ3) is 9.16. The molecule has 5 N–H and O–H groups in total. The summed E-state index contributed by atoms with van der Waals surface area (Å²) in [5, 5.41) is 19.6. The van der Waals surface area contributed by atoms with Crippen molar-refractivity contribution in [1.82, 2.24) is 21.3 Å². The highest BCUT2D eigenvalue weighted by atomic mass is 32.2. The maximum atomic E-state index is 12.8. The molecule has 0 aromatic rings. The van der Waals surface area contributed by atoms with Crippen molar-refractivity contribution in [2.75, 3.05) is 37.1 Å². The monoisotopic (exact) mass is 434 g/mol. The summed E-state index contributed by atoms with van der Waals surface area (Å²) in [6.45, 7) is 0.269. The van der Waals surface area contributed by atoms with Crippen molar-refractivity contribution >= 4 is 47.2 Å². The maximum Gasteiger partial charge on any atom is 0.322 e. The molecule has 0 saturated carbocycles. The SMILES string of the molecule is CSCC[C@H](NC(=O)[C@H](CCSC)NC(=O)[C@@H]1CCCN1)C(=O)NCC(=O)O. The van der Waals surface area contributed by atoms with E-state index >= 15 is 0 Å². The number of nitrogens with one attached hydrogen (secondary N) is 4. The van der Waals surface area contributed by atoms with E-state index in [2.05, 4.69) is 21.3 Å². The van der Waals surface area contributed by atoms with E-state index in [0.29, 0.717) is 24.3 Å². The highest BCUT2D eigenvalue weighted by Crippen LogP contribution is 2.08. The zero-order valence-electron chi connectivity index (χ0n) is 16.3. The zero-order valence-corrected chi connectivity index (χ0v) is 17.9. The van der Waals surface area contributed by atoms with E-state index in [4.69, 9.17) is 5.11 Å². The fraction of sp³-hybridized carbons (Fsp3) is 0.765. The van der Waals surface area contributed by atoms with Gasteiger partial charge >= 0.3 is 5.97 Å². The second-order valence-electron chi connectivity index (χ2n) is 6.45. The minimum atomic E-state index is -1.16. The molecule has 3 amide bonds. The van der Waals surface area contributed by atoms with Gasteiger partial charge in [0.1, 0.15) is 18.6 Å². The normalized spacial score (nSPS) is 18.1. The molecule has 0 aromatic heterocycles. The largest absolute Gasteiger partial charge is 0.480 e. The summed E-state index contributed by atoms with van der Waals surface area (Å²) < 4.78 is 0. The topological polar surface area (TPSA) is 137 Å². The Hall–Kier alpha value is -1.46. The first kappa shape index (κ1) is 24.6. The van der Waals surface area contributed by atoms with Crippen molar-refractivity contribution in [1.29, 1.82) is 0 Å². The first-order valence-corrected chi connectivity index (χ1v) is 12.0. The van der Waals surface area contributed by atoms with Gasteiger partial charge in [0, 0.05) is 0 Å². The van der Waals surface area contributed by atoms with Gasteiger partial charge in [-0.05, 0) is 56.2 Å². The lowest BCUT2D eigenvalue weighted by Gasteiger charge is -2.24. The molecule has 11 heteroatoms. The van der Waals surface area contributed by atoms with E-state index in [1.807, 2.05) is 12.5 Å². The van der Waals surface area contributed by atoms with Crippen molar-refractivity contribution in [2.24, 2.45) is 0 Å². The van der Waals surface area contributed by atoms with E-state index in [-0.39, 0.29) is 11.9 Å². The first-order chi connectivity index (χ1) is 13.4. The standard InChI is InChI=1S/C17H30N4O5S2/c1-27-8-5-12(15(24)19-10-14(22)23)20-17(26)13(6-9-28-2)21-16(25)11-4-3-7-18-11/h11-13,18H,3-10H2,1-2H3,(H,19,24)(H,20,26)(H,21,25)(H,22,23)/t11-,12-,13-/m0/s1. The second-order valence-corrected chi connectivity index (χ2v) is 8.42. The summed E-state index contributed by atoms with van der Waals surface area (Å²) in [6.07, 6.45) is 6.25. The van der Waals surface area contributed by atoms with Gasteiger partial charge in [-0.1, -0.05) is 0 Å². The highest BCUT2D eigenvalue weighted by Gasteiger charge is 2.29. The van der Waals surface area contributed by atoms with E-state index in [0.717, 1.165) is 19.4 Å². The molecule has 0 radical (unpaired) electrons. The van der Waals surface area contributed by atoms with Gasteiger partial charge < -0.3 is 26.4 Å². The number of carboxylic acid groups (broad SMARTS) is 1. The van der Waals surface area contributed by atoms with Gasteiger partial charge in [0.25, 0.3) is 0 Å². The molecule has 3 atom stereocenters. The molecule has 0 unspecified atom stereocenters. The van der Waals surface area contributed by atoms with Crippen LogP contribution in [0, 0.1) is 0 Å². The summed E-state index contributed by atoms with van der Waals surface area (Å²) in [6, 6.07) is -1.89. The molecule has 1 saturated heterocycles. The van der Waals surface area contributed by atoms with E-state index in [1.54, 1.807) is 11.8 Å². The molecule has 1 heterocycles. The molecule has 9 nitrogen and oxygen atoms in total. The lowest BCUT2D eigenvalue weighted by Crippen LogP contribution is -2.56. The van der Waals surface area contributed by atoms with Gasteiger partial charge in [-0.15, -0.1) is 0 Å². The van der Waals surface area contributed by atoms with Crippen LogP contribution in [0.4, 0.5) is 0 Å². The van der Waals surface area contributed by atoms with Crippen LogP contribution in [-0.2, 0) is 19.2 Å². The number of aliphatic carboxylic acids is 1. The van der Waals surface area contributed by atoms with Crippen LogP contribution >= 0.6 is 23.5 Å². The molecular weight excluding hydrogens is 404 g/mol. The third-order valence-electron chi connectivity index (χ3n) is 4.28. The van der Waals surface area contributed by atoms with Gasteiger partial charge in [-0.2, -0.15) is 23.5 Å².